The summed E-state index contributed by atoms with van der Waals surface area (Å²) in [5, 5.41) is 20.7. The first kappa shape index (κ1) is 12.3. The van der Waals surface area contributed by atoms with Crippen LogP contribution in [-0.4, -0.2) is 19.6 Å². The van der Waals surface area contributed by atoms with Gasteiger partial charge in [0.15, 0.2) is 0 Å². The number of nitro benzene ring substituents is 1. The molecule has 0 amide bonds. The molecule has 1 N–H and O–H groups in total. The van der Waals surface area contributed by atoms with Gasteiger partial charge >= 0.3 is 0 Å². The van der Waals surface area contributed by atoms with Crippen molar-refractivity contribution in [1.82, 2.24) is 9.55 Å². The second-order valence-corrected chi connectivity index (χ2v) is 3.99. The maximum absolute atomic E-state index is 10.7. The third-order valence-electron chi connectivity index (χ3n) is 2.76. The average molecular weight is 247 g/mol. The van der Waals surface area contributed by atoms with E-state index >= 15 is 0 Å². The van der Waals surface area contributed by atoms with E-state index in [1.165, 1.54) is 12.1 Å². The summed E-state index contributed by atoms with van der Waals surface area (Å²) in [6.07, 6.45) is 2.61. The number of aromatic nitrogens is 2. The highest BCUT2D eigenvalue weighted by Gasteiger charge is 2.13. The lowest BCUT2D eigenvalue weighted by atomic mass is 10.1. The molecule has 6 nitrogen and oxygen atoms in total. The monoisotopic (exact) mass is 247 g/mol. The number of aliphatic hydroxyl groups excluding tert-OH is 1. The SMILES string of the molecule is Cc1nccn1CC(O)c1cccc([N+](=O)[O-])c1. The number of hydrogen-bond acceptors (Lipinski definition) is 4. The standard InChI is InChI=1S/C12H13N3O3/c1-9-13-5-6-14(9)8-12(16)10-3-2-4-11(7-10)15(17)18/h2-7,12,16H,8H2,1H3. The molecule has 0 aliphatic heterocycles. The van der Waals surface area contributed by atoms with Gasteiger partial charge in [-0.15, -0.1) is 0 Å². The van der Waals surface area contributed by atoms with Gasteiger partial charge in [0.25, 0.3) is 5.69 Å². The zero-order valence-corrected chi connectivity index (χ0v) is 9.85. The molecule has 6 heteroatoms. The molecule has 0 aliphatic rings. The summed E-state index contributed by atoms with van der Waals surface area (Å²) in [6, 6.07) is 6.02. The average Bonchev–Trinajstić information content (AvgIpc) is 2.75. The number of rotatable bonds is 4. The Morgan fingerprint density at radius 2 is 2.33 bits per heavy atom. The lowest BCUT2D eigenvalue weighted by Gasteiger charge is -2.12. The Labute approximate surface area is 104 Å². The Kier molecular flexibility index (Phi) is 3.38. The molecule has 1 atom stereocenters. The third kappa shape index (κ3) is 2.54. The van der Waals surface area contributed by atoms with Crippen molar-refractivity contribution in [2.24, 2.45) is 0 Å². The molecule has 0 saturated carbocycles. The van der Waals surface area contributed by atoms with Crippen molar-refractivity contribution in [2.45, 2.75) is 19.6 Å². The minimum Gasteiger partial charge on any atom is -0.387 e. The first-order valence-electron chi connectivity index (χ1n) is 5.48. The number of hydrogen-bond donors (Lipinski definition) is 1. The Hall–Kier alpha value is -2.21. The van der Waals surface area contributed by atoms with Gasteiger partial charge in [-0.25, -0.2) is 4.98 Å². The van der Waals surface area contributed by atoms with Crippen LogP contribution in [0.3, 0.4) is 0 Å². The third-order valence-corrected chi connectivity index (χ3v) is 2.76. The highest BCUT2D eigenvalue weighted by molar-refractivity contribution is 5.35. The minimum atomic E-state index is -0.794. The molecule has 1 aromatic carbocycles. The molecule has 18 heavy (non-hydrogen) atoms. The number of benzene rings is 1. The van der Waals surface area contributed by atoms with Crippen LogP contribution in [0.5, 0.6) is 0 Å². The Morgan fingerprint density at radius 1 is 1.56 bits per heavy atom. The van der Waals surface area contributed by atoms with Gasteiger partial charge in [0.2, 0.25) is 0 Å². The van der Waals surface area contributed by atoms with Gasteiger partial charge in [-0.05, 0) is 12.5 Å². The topological polar surface area (TPSA) is 81.2 Å². The molecular weight excluding hydrogens is 234 g/mol. The van der Waals surface area contributed by atoms with Gasteiger partial charge in [0.1, 0.15) is 5.82 Å². The van der Waals surface area contributed by atoms with E-state index in [9.17, 15) is 15.2 Å². The van der Waals surface area contributed by atoms with Crippen LogP contribution in [0.2, 0.25) is 0 Å². The van der Waals surface area contributed by atoms with E-state index in [2.05, 4.69) is 4.98 Å². The molecule has 94 valence electrons. The van der Waals surface area contributed by atoms with Crippen LogP contribution < -0.4 is 0 Å². The molecule has 1 aromatic heterocycles. The van der Waals surface area contributed by atoms with Gasteiger partial charge in [0, 0.05) is 24.5 Å². The number of nitrogens with zero attached hydrogens (tertiary/aromatic N) is 3. The van der Waals surface area contributed by atoms with E-state index in [0.717, 1.165) is 5.82 Å². The summed E-state index contributed by atoms with van der Waals surface area (Å²) in [7, 11) is 0. The van der Waals surface area contributed by atoms with E-state index < -0.39 is 11.0 Å². The van der Waals surface area contributed by atoms with Crippen LogP contribution in [0.15, 0.2) is 36.7 Å². The zero-order chi connectivity index (χ0) is 13.1. The van der Waals surface area contributed by atoms with Crippen LogP contribution >= 0.6 is 0 Å². The zero-order valence-electron chi connectivity index (χ0n) is 9.85. The number of nitro groups is 1. The van der Waals surface area contributed by atoms with Crippen molar-refractivity contribution in [2.75, 3.05) is 0 Å². The van der Waals surface area contributed by atoms with Crippen LogP contribution in [0.4, 0.5) is 5.69 Å². The number of imidazole rings is 1. The predicted octanol–water partition coefficient (Wildman–Crippen LogP) is 1.83. The Morgan fingerprint density at radius 3 is 2.94 bits per heavy atom. The highest BCUT2D eigenvalue weighted by Crippen LogP contribution is 2.20. The van der Waals surface area contributed by atoms with Crippen molar-refractivity contribution in [3.63, 3.8) is 0 Å². The second-order valence-electron chi connectivity index (χ2n) is 3.99. The van der Waals surface area contributed by atoms with Crippen molar-refractivity contribution in [3.05, 3.63) is 58.2 Å². The fraction of sp³-hybridized carbons (Fsp3) is 0.250. The van der Waals surface area contributed by atoms with Crippen LogP contribution in [0.1, 0.15) is 17.5 Å². The molecule has 1 heterocycles. The summed E-state index contributed by atoms with van der Waals surface area (Å²) >= 11 is 0. The Bertz CT molecular complexity index is 565. The van der Waals surface area contributed by atoms with E-state index in [0.29, 0.717) is 12.1 Å². The lowest BCUT2D eigenvalue weighted by molar-refractivity contribution is -0.385. The molecule has 0 aliphatic carbocycles. The molecule has 2 rings (SSSR count). The van der Waals surface area contributed by atoms with E-state index in [-0.39, 0.29) is 5.69 Å². The molecule has 0 radical (unpaired) electrons. The molecule has 0 fully saturated rings. The summed E-state index contributed by atoms with van der Waals surface area (Å²) in [6.45, 7) is 2.16. The summed E-state index contributed by atoms with van der Waals surface area (Å²) < 4.78 is 1.80. The van der Waals surface area contributed by atoms with Crippen molar-refractivity contribution in [3.8, 4) is 0 Å². The predicted molar refractivity (Wildman–Crippen MR) is 65.0 cm³/mol. The smallest absolute Gasteiger partial charge is 0.269 e. The van der Waals surface area contributed by atoms with Crippen molar-refractivity contribution >= 4 is 5.69 Å². The normalized spacial score (nSPS) is 12.3. The van der Waals surface area contributed by atoms with Crippen molar-refractivity contribution in [1.29, 1.82) is 0 Å². The van der Waals surface area contributed by atoms with Crippen LogP contribution in [0.25, 0.3) is 0 Å². The highest BCUT2D eigenvalue weighted by atomic mass is 16.6. The first-order valence-corrected chi connectivity index (χ1v) is 5.48. The largest absolute Gasteiger partial charge is 0.387 e. The van der Waals surface area contributed by atoms with Gasteiger partial charge < -0.3 is 9.67 Å². The number of aryl methyl sites for hydroxylation is 1. The first-order chi connectivity index (χ1) is 8.58. The fourth-order valence-corrected chi connectivity index (χ4v) is 1.73. The molecule has 1 unspecified atom stereocenters. The maximum Gasteiger partial charge on any atom is 0.269 e. The van der Waals surface area contributed by atoms with Crippen LogP contribution in [-0.2, 0) is 6.54 Å². The van der Waals surface area contributed by atoms with Crippen LogP contribution in [0, 0.1) is 17.0 Å². The fourth-order valence-electron chi connectivity index (χ4n) is 1.73. The molecule has 0 spiro atoms. The number of aliphatic hydroxyl groups is 1. The second kappa shape index (κ2) is 4.97. The lowest BCUT2D eigenvalue weighted by Crippen LogP contribution is -2.09. The maximum atomic E-state index is 10.7. The quantitative estimate of drug-likeness (QED) is 0.660. The van der Waals surface area contributed by atoms with Crippen molar-refractivity contribution < 1.29 is 10.0 Å². The number of non-ortho nitro benzene ring substituents is 1. The minimum absolute atomic E-state index is 0.0195. The molecule has 2 aromatic rings. The van der Waals surface area contributed by atoms with Gasteiger partial charge in [0.05, 0.1) is 17.6 Å². The van der Waals surface area contributed by atoms with Gasteiger partial charge in [-0.1, -0.05) is 12.1 Å². The van der Waals surface area contributed by atoms with E-state index in [1.54, 1.807) is 29.1 Å². The van der Waals surface area contributed by atoms with E-state index in [4.69, 9.17) is 0 Å². The van der Waals surface area contributed by atoms with E-state index in [1.807, 2.05) is 6.92 Å². The molecule has 0 saturated heterocycles. The summed E-state index contributed by atoms with van der Waals surface area (Å²) in [5.74, 6) is 0.791. The summed E-state index contributed by atoms with van der Waals surface area (Å²) in [4.78, 5) is 14.2. The Balaban J connectivity index is 2.18. The summed E-state index contributed by atoms with van der Waals surface area (Å²) in [5.41, 5.74) is 0.506. The van der Waals surface area contributed by atoms with Gasteiger partial charge in [-0.3, -0.25) is 10.1 Å². The van der Waals surface area contributed by atoms with Gasteiger partial charge in [-0.2, -0.15) is 0 Å². The molecular formula is C12H13N3O3. The molecule has 0 bridgehead atoms.